The van der Waals surface area contributed by atoms with E-state index in [1.807, 2.05) is 25.1 Å². The molecule has 0 saturated heterocycles. The Morgan fingerprint density at radius 1 is 1.11 bits per heavy atom. The van der Waals surface area contributed by atoms with Crippen LogP contribution in [-0.4, -0.2) is 0 Å². The van der Waals surface area contributed by atoms with Gasteiger partial charge in [0.2, 0.25) is 0 Å². The highest BCUT2D eigenvalue weighted by atomic mass is 16.3. The molecule has 0 aliphatic heterocycles. The van der Waals surface area contributed by atoms with Gasteiger partial charge in [-0.2, -0.15) is 0 Å². The van der Waals surface area contributed by atoms with E-state index in [0.29, 0.717) is 0 Å². The number of hydrogen-bond donors (Lipinski definition) is 0. The molecule has 1 nitrogen and oxygen atoms in total. The number of benzene rings is 2. The number of allylic oxidation sites excluding steroid dienone is 1. The van der Waals surface area contributed by atoms with Gasteiger partial charge in [0.1, 0.15) is 11.0 Å². The van der Waals surface area contributed by atoms with Crippen molar-refractivity contribution >= 4 is 33.9 Å². The van der Waals surface area contributed by atoms with Gasteiger partial charge >= 0.3 is 0 Å². The van der Waals surface area contributed by atoms with Gasteiger partial charge in [0.15, 0.2) is 0 Å². The summed E-state index contributed by atoms with van der Waals surface area (Å²) in [4.78, 5) is 0. The third-order valence-electron chi connectivity index (χ3n) is 3.17. The second kappa shape index (κ2) is 4.19. The Bertz CT molecular complexity index is 850. The molecule has 0 fully saturated rings. The largest absolute Gasteiger partial charge is 0.456 e. The molecule has 0 atom stereocenters. The molecule has 0 aliphatic rings. The van der Waals surface area contributed by atoms with Crippen molar-refractivity contribution in [3.63, 3.8) is 0 Å². The molecule has 0 bridgehead atoms. The molecule has 0 aliphatic carbocycles. The van der Waals surface area contributed by atoms with Crippen LogP contribution in [0.3, 0.4) is 0 Å². The molecule has 0 unspecified atom stereocenters. The first kappa shape index (κ1) is 10.8. The zero-order chi connectivity index (χ0) is 12.5. The molecular formula is C17H14O. The standard InChI is InChI=1S/C17H14O/c1-3-7-14-15-10-12-8-5-6-9-13(12)11-17(15)18-16(14)4-2/h3-11H,1H2,2H3/b14-7-,16-4+. The zero-order valence-electron chi connectivity index (χ0n) is 10.3. The molecule has 2 aromatic carbocycles. The van der Waals surface area contributed by atoms with Gasteiger partial charge in [-0.05, 0) is 35.9 Å². The molecule has 0 radical (unpaired) electrons. The number of hydrogen-bond acceptors (Lipinski definition) is 1. The van der Waals surface area contributed by atoms with Crippen LogP contribution in [0.25, 0.3) is 33.9 Å². The van der Waals surface area contributed by atoms with Crippen molar-refractivity contribution in [2.24, 2.45) is 0 Å². The highest BCUT2D eigenvalue weighted by Crippen LogP contribution is 2.19. The van der Waals surface area contributed by atoms with Crippen molar-refractivity contribution in [3.8, 4) is 0 Å². The van der Waals surface area contributed by atoms with Crippen molar-refractivity contribution in [1.29, 1.82) is 0 Å². The first-order chi connectivity index (χ1) is 8.83. The lowest BCUT2D eigenvalue weighted by Crippen LogP contribution is -2.18. The highest BCUT2D eigenvalue weighted by Gasteiger charge is 2.04. The summed E-state index contributed by atoms with van der Waals surface area (Å²) in [5, 5.41) is 4.67. The summed E-state index contributed by atoms with van der Waals surface area (Å²) in [5.74, 6) is 0. The molecule has 1 aromatic heterocycles. The predicted octanol–water partition coefficient (Wildman–Crippen LogP) is 3.35. The molecular weight excluding hydrogens is 220 g/mol. The van der Waals surface area contributed by atoms with Crippen LogP contribution in [0, 0.1) is 0 Å². The van der Waals surface area contributed by atoms with Crippen LogP contribution in [-0.2, 0) is 0 Å². The molecule has 0 spiro atoms. The molecule has 0 saturated carbocycles. The van der Waals surface area contributed by atoms with E-state index in [2.05, 4.69) is 36.9 Å². The number of fused-ring (bicyclic) bond motifs is 2. The lowest BCUT2D eigenvalue weighted by atomic mass is 10.1. The molecule has 0 N–H and O–H groups in total. The van der Waals surface area contributed by atoms with Crippen LogP contribution in [0.4, 0.5) is 0 Å². The quantitative estimate of drug-likeness (QED) is 0.629. The fraction of sp³-hybridized carbons (Fsp3) is 0.0588. The Morgan fingerprint density at radius 3 is 2.50 bits per heavy atom. The summed E-state index contributed by atoms with van der Waals surface area (Å²) in [6.45, 7) is 5.75. The summed E-state index contributed by atoms with van der Waals surface area (Å²) in [6, 6.07) is 12.6. The maximum atomic E-state index is 5.87. The highest BCUT2D eigenvalue weighted by molar-refractivity contribution is 5.96. The van der Waals surface area contributed by atoms with Gasteiger partial charge in [0.05, 0.1) is 0 Å². The van der Waals surface area contributed by atoms with Crippen LogP contribution in [0.2, 0.25) is 0 Å². The molecule has 18 heavy (non-hydrogen) atoms. The summed E-state index contributed by atoms with van der Waals surface area (Å²) in [5.41, 5.74) is 1.83. The Kier molecular flexibility index (Phi) is 2.52. The maximum Gasteiger partial charge on any atom is 0.136 e. The monoisotopic (exact) mass is 234 g/mol. The summed E-state index contributed by atoms with van der Waals surface area (Å²) < 4.78 is 5.87. The van der Waals surface area contributed by atoms with Gasteiger partial charge in [-0.25, -0.2) is 0 Å². The molecule has 3 aromatic rings. The average molecular weight is 234 g/mol. The van der Waals surface area contributed by atoms with Crippen LogP contribution in [0.1, 0.15) is 6.92 Å². The van der Waals surface area contributed by atoms with Crippen molar-refractivity contribution < 1.29 is 4.42 Å². The minimum Gasteiger partial charge on any atom is -0.456 e. The van der Waals surface area contributed by atoms with Crippen molar-refractivity contribution in [1.82, 2.24) is 0 Å². The fourth-order valence-electron chi connectivity index (χ4n) is 2.32. The van der Waals surface area contributed by atoms with Gasteiger partial charge in [0, 0.05) is 10.6 Å². The topological polar surface area (TPSA) is 13.1 Å². The number of rotatable bonds is 1. The lowest BCUT2D eigenvalue weighted by molar-refractivity contribution is 0.575. The molecule has 88 valence electrons. The minimum absolute atomic E-state index is 0.903. The Balaban J connectivity index is 2.57. The van der Waals surface area contributed by atoms with E-state index in [0.717, 1.165) is 21.6 Å². The van der Waals surface area contributed by atoms with Crippen LogP contribution >= 0.6 is 0 Å². The maximum absolute atomic E-state index is 5.87. The third-order valence-corrected chi connectivity index (χ3v) is 3.17. The number of furan rings is 1. The second-order valence-electron chi connectivity index (χ2n) is 4.27. The molecule has 1 heteroatoms. The molecule has 3 rings (SSSR count). The summed E-state index contributed by atoms with van der Waals surface area (Å²) >= 11 is 0. The van der Waals surface area contributed by atoms with E-state index in [-0.39, 0.29) is 0 Å². The van der Waals surface area contributed by atoms with E-state index in [1.165, 1.54) is 10.8 Å². The molecule has 1 heterocycles. The zero-order valence-corrected chi connectivity index (χ0v) is 10.3. The Morgan fingerprint density at radius 2 is 1.83 bits per heavy atom. The van der Waals surface area contributed by atoms with E-state index < -0.39 is 0 Å². The summed E-state index contributed by atoms with van der Waals surface area (Å²) in [7, 11) is 0. The van der Waals surface area contributed by atoms with E-state index in [1.54, 1.807) is 6.08 Å². The minimum atomic E-state index is 0.903. The Labute approximate surface area is 105 Å². The lowest BCUT2D eigenvalue weighted by Gasteiger charge is -1.96. The van der Waals surface area contributed by atoms with Crippen molar-refractivity contribution in [2.75, 3.05) is 0 Å². The predicted molar refractivity (Wildman–Crippen MR) is 77.8 cm³/mol. The van der Waals surface area contributed by atoms with Crippen LogP contribution in [0.5, 0.6) is 0 Å². The van der Waals surface area contributed by atoms with E-state index in [9.17, 15) is 0 Å². The third kappa shape index (κ3) is 1.56. The average Bonchev–Trinajstić information content (AvgIpc) is 2.74. The first-order valence-corrected chi connectivity index (χ1v) is 6.04. The van der Waals surface area contributed by atoms with Gasteiger partial charge < -0.3 is 4.42 Å². The van der Waals surface area contributed by atoms with Crippen molar-refractivity contribution in [2.45, 2.75) is 6.92 Å². The van der Waals surface area contributed by atoms with Gasteiger partial charge in [-0.1, -0.05) is 43.0 Å². The van der Waals surface area contributed by atoms with E-state index in [4.69, 9.17) is 4.42 Å². The van der Waals surface area contributed by atoms with Gasteiger partial charge in [0.25, 0.3) is 0 Å². The Hall–Kier alpha value is -2.28. The first-order valence-electron chi connectivity index (χ1n) is 6.04. The fourth-order valence-corrected chi connectivity index (χ4v) is 2.32. The molecule has 0 amide bonds. The van der Waals surface area contributed by atoms with E-state index >= 15 is 0 Å². The van der Waals surface area contributed by atoms with Crippen LogP contribution in [0.15, 0.2) is 53.5 Å². The SMILES string of the molecule is C=C/C=c1\c(=C/C)oc2cc3ccccc3cc12. The normalized spacial score (nSPS) is 13.6. The second-order valence-corrected chi connectivity index (χ2v) is 4.27. The van der Waals surface area contributed by atoms with Crippen molar-refractivity contribution in [3.05, 3.63) is 59.7 Å². The smallest absolute Gasteiger partial charge is 0.136 e. The van der Waals surface area contributed by atoms with Gasteiger partial charge in [-0.3, -0.25) is 0 Å². The van der Waals surface area contributed by atoms with Gasteiger partial charge in [-0.15, -0.1) is 0 Å². The van der Waals surface area contributed by atoms with Crippen LogP contribution < -0.4 is 10.6 Å². The summed E-state index contributed by atoms with van der Waals surface area (Å²) in [6.07, 6.45) is 5.78.